The lowest BCUT2D eigenvalue weighted by Crippen LogP contribution is -2.15. The smallest absolute Gasteiger partial charge is 0.234 e. The third-order valence-electron chi connectivity index (χ3n) is 4.48. The second-order valence-electron chi connectivity index (χ2n) is 6.80. The number of aromatic nitrogens is 3. The number of carbonyl (C=O) groups excluding carboxylic acids is 1. The van der Waals surface area contributed by atoms with Crippen molar-refractivity contribution in [3.8, 4) is 17.1 Å². The Hall–Kier alpha value is -3.52. The highest BCUT2D eigenvalue weighted by molar-refractivity contribution is 7.99. The Bertz CT molecular complexity index is 1210. The van der Waals surface area contributed by atoms with Crippen molar-refractivity contribution < 1.29 is 13.6 Å². The first-order valence-electron chi connectivity index (χ1n) is 9.47. The SMILES string of the molecule is Cc1ccc(F)c(NC(=O)CSc2nnc(-c3ccc(F)cc3)n2-c2ccccc2)c1. The van der Waals surface area contributed by atoms with Gasteiger partial charge in [-0.1, -0.05) is 36.0 Å². The molecule has 3 aromatic carbocycles. The first kappa shape index (κ1) is 20.7. The summed E-state index contributed by atoms with van der Waals surface area (Å²) in [7, 11) is 0. The zero-order valence-electron chi connectivity index (χ0n) is 16.5. The predicted octanol–water partition coefficient (Wildman–Crippen LogP) is 5.25. The monoisotopic (exact) mass is 436 g/mol. The Morgan fingerprint density at radius 3 is 2.48 bits per heavy atom. The lowest BCUT2D eigenvalue weighted by Gasteiger charge is -2.11. The molecule has 5 nitrogen and oxygen atoms in total. The minimum Gasteiger partial charge on any atom is -0.323 e. The van der Waals surface area contributed by atoms with Gasteiger partial charge in [-0.3, -0.25) is 9.36 Å². The summed E-state index contributed by atoms with van der Waals surface area (Å²) in [6.07, 6.45) is 0. The maximum absolute atomic E-state index is 13.9. The number of carbonyl (C=O) groups is 1. The highest BCUT2D eigenvalue weighted by Crippen LogP contribution is 2.28. The highest BCUT2D eigenvalue weighted by atomic mass is 32.2. The van der Waals surface area contributed by atoms with Gasteiger partial charge >= 0.3 is 0 Å². The summed E-state index contributed by atoms with van der Waals surface area (Å²) in [6, 6.07) is 19.9. The molecule has 0 spiro atoms. The van der Waals surface area contributed by atoms with Crippen LogP contribution in [-0.2, 0) is 4.79 Å². The Labute approximate surface area is 182 Å². The van der Waals surface area contributed by atoms with E-state index in [1.807, 2.05) is 37.3 Å². The van der Waals surface area contributed by atoms with Gasteiger partial charge in [0.05, 0.1) is 11.4 Å². The molecule has 4 rings (SSSR count). The van der Waals surface area contributed by atoms with E-state index in [1.165, 1.54) is 30.0 Å². The quantitative estimate of drug-likeness (QED) is 0.419. The predicted molar refractivity (Wildman–Crippen MR) is 117 cm³/mol. The topological polar surface area (TPSA) is 59.8 Å². The molecular formula is C23H18F2N4OS. The largest absolute Gasteiger partial charge is 0.323 e. The van der Waals surface area contributed by atoms with E-state index in [1.54, 1.807) is 28.8 Å². The molecule has 4 aromatic rings. The van der Waals surface area contributed by atoms with Crippen molar-refractivity contribution in [1.82, 2.24) is 14.8 Å². The van der Waals surface area contributed by atoms with Crippen molar-refractivity contribution in [1.29, 1.82) is 0 Å². The summed E-state index contributed by atoms with van der Waals surface area (Å²) in [6.45, 7) is 1.82. The molecule has 156 valence electrons. The van der Waals surface area contributed by atoms with E-state index >= 15 is 0 Å². The van der Waals surface area contributed by atoms with Gasteiger partial charge in [0.1, 0.15) is 11.6 Å². The summed E-state index contributed by atoms with van der Waals surface area (Å²) in [5, 5.41) is 11.6. The minimum atomic E-state index is -0.491. The van der Waals surface area contributed by atoms with Gasteiger partial charge in [0, 0.05) is 11.3 Å². The molecule has 0 fully saturated rings. The van der Waals surface area contributed by atoms with E-state index < -0.39 is 5.82 Å². The molecule has 0 saturated carbocycles. The van der Waals surface area contributed by atoms with Crippen LogP contribution in [-0.4, -0.2) is 26.4 Å². The highest BCUT2D eigenvalue weighted by Gasteiger charge is 2.18. The summed E-state index contributed by atoms with van der Waals surface area (Å²) < 4.78 is 29.1. The molecule has 1 N–H and O–H groups in total. The van der Waals surface area contributed by atoms with E-state index in [0.29, 0.717) is 16.5 Å². The summed E-state index contributed by atoms with van der Waals surface area (Å²) in [5.41, 5.74) is 2.48. The van der Waals surface area contributed by atoms with Crippen molar-refractivity contribution in [2.24, 2.45) is 0 Å². The van der Waals surface area contributed by atoms with Gasteiger partial charge in [0.15, 0.2) is 11.0 Å². The van der Waals surface area contributed by atoms with Crippen LogP contribution in [0.2, 0.25) is 0 Å². The molecule has 1 heterocycles. The van der Waals surface area contributed by atoms with E-state index in [4.69, 9.17) is 0 Å². The maximum atomic E-state index is 13.9. The second-order valence-corrected chi connectivity index (χ2v) is 7.75. The van der Waals surface area contributed by atoms with Crippen molar-refractivity contribution in [3.63, 3.8) is 0 Å². The fourth-order valence-electron chi connectivity index (χ4n) is 3.01. The molecular weight excluding hydrogens is 418 g/mol. The first-order valence-corrected chi connectivity index (χ1v) is 10.5. The molecule has 0 unspecified atom stereocenters. The number of para-hydroxylation sites is 1. The van der Waals surface area contributed by atoms with Gasteiger partial charge in [-0.2, -0.15) is 0 Å². The molecule has 1 aromatic heterocycles. The molecule has 1 amide bonds. The molecule has 0 bridgehead atoms. The molecule has 8 heteroatoms. The first-order chi connectivity index (χ1) is 15.0. The van der Waals surface area contributed by atoms with Crippen LogP contribution in [0.4, 0.5) is 14.5 Å². The zero-order valence-corrected chi connectivity index (χ0v) is 17.4. The van der Waals surface area contributed by atoms with E-state index in [9.17, 15) is 13.6 Å². The number of nitrogens with zero attached hydrogens (tertiary/aromatic N) is 3. The molecule has 0 saturated heterocycles. The van der Waals surface area contributed by atoms with Crippen molar-refractivity contribution in [2.75, 3.05) is 11.1 Å². The molecule has 0 aliphatic heterocycles. The van der Waals surface area contributed by atoms with Crippen molar-refractivity contribution in [2.45, 2.75) is 12.1 Å². The normalized spacial score (nSPS) is 10.8. The van der Waals surface area contributed by atoms with Crippen LogP contribution >= 0.6 is 11.8 Å². The molecule has 0 radical (unpaired) electrons. The van der Waals surface area contributed by atoms with Crippen LogP contribution in [0.1, 0.15) is 5.56 Å². The van der Waals surface area contributed by atoms with Crippen LogP contribution in [0, 0.1) is 18.6 Å². The molecule has 0 atom stereocenters. The Morgan fingerprint density at radius 1 is 1.00 bits per heavy atom. The Balaban J connectivity index is 1.59. The van der Waals surface area contributed by atoms with Crippen LogP contribution < -0.4 is 5.32 Å². The number of anilines is 1. The number of amides is 1. The number of hydrogen-bond acceptors (Lipinski definition) is 4. The molecule has 31 heavy (non-hydrogen) atoms. The van der Waals surface area contributed by atoms with Crippen molar-refractivity contribution >= 4 is 23.4 Å². The fourth-order valence-corrected chi connectivity index (χ4v) is 3.76. The molecule has 0 aliphatic carbocycles. The number of benzene rings is 3. The van der Waals surface area contributed by atoms with Crippen LogP contribution in [0.5, 0.6) is 0 Å². The number of hydrogen-bond donors (Lipinski definition) is 1. The van der Waals surface area contributed by atoms with Gasteiger partial charge in [-0.15, -0.1) is 10.2 Å². The third-order valence-corrected chi connectivity index (χ3v) is 5.41. The van der Waals surface area contributed by atoms with Crippen LogP contribution in [0.25, 0.3) is 17.1 Å². The lowest BCUT2D eigenvalue weighted by atomic mass is 10.2. The third kappa shape index (κ3) is 4.80. The molecule has 0 aliphatic rings. The zero-order chi connectivity index (χ0) is 21.8. The number of halogens is 2. The lowest BCUT2D eigenvalue weighted by molar-refractivity contribution is -0.113. The fraction of sp³-hybridized carbons (Fsp3) is 0.0870. The maximum Gasteiger partial charge on any atom is 0.234 e. The van der Waals surface area contributed by atoms with Crippen LogP contribution in [0.15, 0.2) is 78.0 Å². The van der Waals surface area contributed by atoms with Gasteiger partial charge in [-0.05, 0) is 61.0 Å². The summed E-state index contributed by atoms with van der Waals surface area (Å²) in [4.78, 5) is 12.4. The van der Waals surface area contributed by atoms with E-state index in [2.05, 4.69) is 15.5 Å². The van der Waals surface area contributed by atoms with Crippen LogP contribution in [0.3, 0.4) is 0 Å². The Morgan fingerprint density at radius 2 is 1.74 bits per heavy atom. The van der Waals surface area contributed by atoms with Gasteiger partial charge in [0.25, 0.3) is 0 Å². The van der Waals surface area contributed by atoms with Gasteiger partial charge < -0.3 is 5.32 Å². The second kappa shape index (κ2) is 9.09. The van der Waals surface area contributed by atoms with Gasteiger partial charge in [0.2, 0.25) is 5.91 Å². The summed E-state index contributed by atoms with van der Waals surface area (Å²) >= 11 is 1.18. The average molecular weight is 436 g/mol. The standard InChI is InChI=1S/C23H18F2N4OS/c1-15-7-12-19(25)20(13-15)26-21(30)14-31-23-28-27-22(16-8-10-17(24)11-9-16)29(23)18-5-3-2-4-6-18/h2-13H,14H2,1H3,(H,26,30). The van der Waals surface area contributed by atoms with E-state index in [-0.39, 0.29) is 23.2 Å². The summed E-state index contributed by atoms with van der Waals surface area (Å²) in [5.74, 6) is -0.652. The minimum absolute atomic E-state index is 0.0156. The number of thioether (sulfide) groups is 1. The Kier molecular flexibility index (Phi) is 6.08. The van der Waals surface area contributed by atoms with Crippen molar-refractivity contribution in [3.05, 3.63) is 90.0 Å². The number of aryl methyl sites for hydroxylation is 1. The van der Waals surface area contributed by atoms with E-state index in [0.717, 1.165) is 11.3 Å². The number of rotatable bonds is 6. The number of nitrogens with one attached hydrogen (secondary N) is 1. The van der Waals surface area contributed by atoms with Gasteiger partial charge in [-0.25, -0.2) is 8.78 Å². The average Bonchev–Trinajstić information content (AvgIpc) is 3.20.